The second-order valence-corrected chi connectivity index (χ2v) is 13.6. The van der Waals surface area contributed by atoms with E-state index in [9.17, 15) is 0 Å². The van der Waals surface area contributed by atoms with Crippen molar-refractivity contribution in [3.05, 3.63) is 182 Å². The smallest absolute Gasteiger partial charge is 0.164 e. The van der Waals surface area contributed by atoms with Crippen LogP contribution < -0.4 is 0 Å². The first-order valence-corrected chi connectivity index (χ1v) is 18.1. The Balaban J connectivity index is 1.13. The average Bonchev–Trinajstić information content (AvgIpc) is 3.80. The van der Waals surface area contributed by atoms with E-state index in [0.717, 1.165) is 61.0 Å². The zero-order chi connectivity index (χ0) is 35.6. The fourth-order valence-corrected chi connectivity index (χ4v) is 7.92. The number of para-hydroxylation sites is 1. The van der Waals surface area contributed by atoms with Gasteiger partial charge in [-0.3, -0.25) is 0 Å². The summed E-state index contributed by atoms with van der Waals surface area (Å²) in [6.45, 7) is 0. The molecule has 252 valence electrons. The molecule has 0 saturated carbocycles. The van der Waals surface area contributed by atoms with Gasteiger partial charge >= 0.3 is 0 Å². The molecule has 8 aromatic carbocycles. The van der Waals surface area contributed by atoms with Gasteiger partial charge in [-0.15, -0.1) is 0 Å². The molecule has 0 bridgehead atoms. The van der Waals surface area contributed by atoms with Gasteiger partial charge < -0.3 is 8.98 Å². The number of hydrogen-bond donors (Lipinski definition) is 0. The average molecular weight is 691 g/mol. The van der Waals surface area contributed by atoms with Gasteiger partial charge in [-0.05, 0) is 46.8 Å². The molecule has 0 amide bonds. The van der Waals surface area contributed by atoms with Crippen LogP contribution in [0.25, 0.3) is 105 Å². The van der Waals surface area contributed by atoms with Crippen LogP contribution in [0.2, 0.25) is 0 Å². The Bertz CT molecular complexity index is 3200. The molecule has 3 aromatic heterocycles. The molecule has 0 atom stereocenters. The van der Waals surface area contributed by atoms with E-state index in [-0.39, 0.29) is 0 Å². The summed E-state index contributed by atoms with van der Waals surface area (Å²) < 4.78 is 8.93. The summed E-state index contributed by atoms with van der Waals surface area (Å²) in [6, 6.07) is 63.3. The van der Waals surface area contributed by atoms with Gasteiger partial charge in [0, 0.05) is 49.3 Å². The molecule has 0 fully saturated rings. The fraction of sp³-hybridized carbons (Fsp3) is 0. The van der Waals surface area contributed by atoms with Crippen molar-refractivity contribution in [3.8, 4) is 51.0 Å². The van der Waals surface area contributed by atoms with Crippen molar-refractivity contribution >= 4 is 54.5 Å². The molecule has 0 N–H and O–H groups in total. The molecule has 0 unspecified atom stereocenters. The maximum Gasteiger partial charge on any atom is 0.164 e. The lowest BCUT2D eigenvalue weighted by Crippen LogP contribution is -2.00. The first-order chi connectivity index (χ1) is 26.8. The molecule has 0 aliphatic heterocycles. The Labute approximate surface area is 310 Å². The van der Waals surface area contributed by atoms with Gasteiger partial charge in [0.2, 0.25) is 0 Å². The predicted octanol–water partition coefficient (Wildman–Crippen LogP) is 12.7. The van der Waals surface area contributed by atoms with Gasteiger partial charge in [0.05, 0.1) is 11.0 Å². The summed E-state index contributed by atoms with van der Waals surface area (Å²) in [6.07, 6.45) is 0. The molecule has 0 radical (unpaired) electrons. The minimum absolute atomic E-state index is 0.590. The summed E-state index contributed by atoms with van der Waals surface area (Å²) in [5, 5.41) is 6.84. The number of aromatic nitrogens is 4. The van der Waals surface area contributed by atoms with Gasteiger partial charge in [0.1, 0.15) is 11.2 Å². The van der Waals surface area contributed by atoms with Crippen molar-refractivity contribution in [3.63, 3.8) is 0 Å². The summed E-state index contributed by atoms with van der Waals surface area (Å²) in [4.78, 5) is 15.3. The van der Waals surface area contributed by atoms with Crippen molar-refractivity contribution < 1.29 is 4.42 Å². The van der Waals surface area contributed by atoms with E-state index in [2.05, 4.69) is 138 Å². The number of nitrogens with zero attached hydrogens (tertiary/aromatic N) is 4. The maximum absolute atomic E-state index is 6.54. The topological polar surface area (TPSA) is 56.7 Å². The number of rotatable bonds is 5. The van der Waals surface area contributed by atoms with Crippen LogP contribution in [0.5, 0.6) is 0 Å². The molecule has 11 rings (SSSR count). The van der Waals surface area contributed by atoms with Gasteiger partial charge in [-0.1, -0.05) is 152 Å². The van der Waals surface area contributed by atoms with E-state index in [4.69, 9.17) is 19.4 Å². The summed E-state index contributed by atoms with van der Waals surface area (Å²) in [7, 11) is 0. The molecule has 54 heavy (non-hydrogen) atoms. The standard InChI is InChI=1S/C49H30N4O/c1-3-12-31(13-4-1)32-22-24-35(25-23-32)48-50-47(34-15-5-2-6-16-34)51-49(52-48)40-19-11-21-44-45(40)41-30-36(27-29-43(41)54-44)53-42-20-10-9-18-38(42)39-28-26-33-14-7-8-17-37(33)46(39)53/h1-30H. The number of hydrogen-bond acceptors (Lipinski definition) is 4. The largest absolute Gasteiger partial charge is 0.456 e. The molecular formula is C49H30N4O. The quantitative estimate of drug-likeness (QED) is 0.180. The fourth-order valence-electron chi connectivity index (χ4n) is 7.92. The van der Waals surface area contributed by atoms with Crippen LogP contribution in [0.1, 0.15) is 0 Å². The van der Waals surface area contributed by atoms with E-state index in [1.807, 2.05) is 48.5 Å². The van der Waals surface area contributed by atoms with Crippen LogP contribution in [0.15, 0.2) is 186 Å². The highest BCUT2D eigenvalue weighted by atomic mass is 16.3. The first kappa shape index (κ1) is 30.3. The summed E-state index contributed by atoms with van der Waals surface area (Å²) in [5.74, 6) is 1.82. The molecule has 3 heterocycles. The Kier molecular flexibility index (Phi) is 6.79. The molecule has 0 spiro atoms. The van der Waals surface area contributed by atoms with Crippen molar-refractivity contribution in [2.24, 2.45) is 0 Å². The molecule has 5 nitrogen and oxygen atoms in total. The molecule has 0 saturated heterocycles. The molecular weight excluding hydrogens is 661 g/mol. The Morgan fingerprint density at radius 3 is 1.81 bits per heavy atom. The number of benzene rings is 8. The SMILES string of the molecule is c1ccc(-c2ccc(-c3nc(-c4ccccc4)nc(-c4cccc5oc6ccc(-n7c8ccccc8c8ccc9ccccc9c87)cc6c45)n3)cc2)cc1. The summed E-state index contributed by atoms with van der Waals surface area (Å²) in [5.41, 5.74) is 10.0. The third-order valence-electron chi connectivity index (χ3n) is 10.5. The monoisotopic (exact) mass is 690 g/mol. The zero-order valence-corrected chi connectivity index (χ0v) is 29.0. The van der Waals surface area contributed by atoms with Gasteiger partial charge in [0.25, 0.3) is 0 Å². The lowest BCUT2D eigenvalue weighted by atomic mass is 10.0. The third-order valence-corrected chi connectivity index (χ3v) is 10.5. The van der Waals surface area contributed by atoms with Gasteiger partial charge in [0.15, 0.2) is 17.5 Å². The van der Waals surface area contributed by atoms with Gasteiger partial charge in [-0.2, -0.15) is 0 Å². The molecule has 0 aliphatic rings. The van der Waals surface area contributed by atoms with Crippen molar-refractivity contribution in [2.45, 2.75) is 0 Å². The normalized spacial score (nSPS) is 11.7. The van der Waals surface area contributed by atoms with Crippen LogP contribution in [0.4, 0.5) is 0 Å². The van der Waals surface area contributed by atoms with Crippen molar-refractivity contribution in [2.75, 3.05) is 0 Å². The van der Waals surface area contributed by atoms with Crippen LogP contribution in [0.3, 0.4) is 0 Å². The van der Waals surface area contributed by atoms with Crippen LogP contribution in [-0.4, -0.2) is 19.5 Å². The Hall–Kier alpha value is -7.37. The highest BCUT2D eigenvalue weighted by molar-refractivity contribution is 6.19. The first-order valence-electron chi connectivity index (χ1n) is 18.1. The van der Waals surface area contributed by atoms with E-state index in [0.29, 0.717) is 17.5 Å². The minimum atomic E-state index is 0.590. The molecule has 11 aromatic rings. The lowest BCUT2D eigenvalue weighted by molar-refractivity contribution is 0.669. The number of furan rings is 1. The zero-order valence-electron chi connectivity index (χ0n) is 29.0. The van der Waals surface area contributed by atoms with Crippen LogP contribution in [-0.2, 0) is 0 Å². The Morgan fingerprint density at radius 2 is 1.02 bits per heavy atom. The third kappa shape index (κ3) is 4.83. The minimum Gasteiger partial charge on any atom is -0.456 e. The van der Waals surface area contributed by atoms with Crippen LogP contribution in [0, 0.1) is 0 Å². The van der Waals surface area contributed by atoms with Crippen molar-refractivity contribution in [1.82, 2.24) is 19.5 Å². The van der Waals surface area contributed by atoms with Gasteiger partial charge in [-0.25, -0.2) is 15.0 Å². The lowest BCUT2D eigenvalue weighted by Gasteiger charge is -2.11. The maximum atomic E-state index is 6.54. The predicted molar refractivity (Wildman–Crippen MR) is 221 cm³/mol. The molecule has 0 aliphatic carbocycles. The van der Waals surface area contributed by atoms with Crippen molar-refractivity contribution in [1.29, 1.82) is 0 Å². The highest BCUT2D eigenvalue weighted by Crippen LogP contribution is 2.41. The van der Waals surface area contributed by atoms with E-state index >= 15 is 0 Å². The van der Waals surface area contributed by atoms with E-state index in [1.165, 1.54) is 27.1 Å². The van der Waals surface area contributed by atoms with E-state index < -0.39 is 0 Å². The second kappa shape index (κ2) is 12.1. The molecule has 5 heteroatoms. The Morgan fingerprint density at radius 1 is 0.389 bits per heavy atom. The van der Waals surface area contributed by atoms with E-state index in [1.54, 1.807) is 0 Å². The number of fused-ring (bicyclic) bond motifs is 8. The second-order valence-electron chi connectivity index (χ2n) is 13.6. The highest BCUT2D eigenvalue weighted by Gasteiger charge is 2.20. The summed E-state index contributed by atoms with van der Waals surface area (Å²) >= 11 is 0. The van der Waals surface area contributed by atoms with Crippen LogP contribution >= 0.6 is 0 Å².